The fourth-order valence-electron chi connectivity index (χ4n) is 7.69. The third-order valence-electron chi connectivity index (χ3n) is 11.7. The molecule has 2 aromatic carbocycles. The van der Waals surface area contributed by atoms with Gasteiger partial charge < -0.3 is 28.0 Å². The molecule has 0 N–H and O–H groups in total. The number of benzene rings is 2. The van der Waals surface area contributed by atoms with Gasteiger partial charge in [0.15, 0.2) is 20.9 Å². The number of hydrogen-bond donors (Lipinski definition) is 0. The van der Waals surface area contributed by atoms with E-state index in [2.05, 4.69) is 49.7 Å². The topological polar surface area (TPSA) is 123 Å². The number of ether oxygens (including phenoxy) is 3. The lowest BCUT2D eigenvalue weighted by Crippen LogP contribution is -2.54. The van der Waals surface area contributed by atoms with Gasteiger partial charge in [0.2, 0.25) is 0 Å². The lowest BCUT2D eigenvalue weighted by atomic mass is 9.95. The van der Waals surface area contributed by atoms with Crippen molar-refractivity contribution >= 4 is 35.8 Å². The minimum absolute atomic E-state index is 0.00208. The van der Waals surface area contributed by atoms with Crippen LogP contribution in [0.15, 0.2) is 39.5 Å². The first kappa shape index (κ1) is 36.3. The predicted molar refractivity (Wildman–Crippen MR) is 200 cm³/mol. The number of hydrogen-bond acceptors (Lipinski definition) is 11. The largest absolute Gasteiger partial charge is 0.468 e. The van der Waals surface area contributed by atoms with Gasteiger partial charge in [0, 0.05) is 43.1 Å². The SMILES string of the molecule is COCOc1cc(-c2oc(=O)c3c(N4CC[C@H]4CO[Si](C)(C)C(C)(C)C)nc(OC[C@@]45CCCN4C[C@H](F)C5)nc3c2C)c2c(C#N)cccc2c1. The highest BCUT2D eigenvalue weighted by atomic mass is 28.4. The quantitative estimate of drug-likeness (QED) is 0.116. The van der Waals surface area contributed by atoms with Crippen molar-refractivity contribution in [3.8, 4) is 29.2 Å². The van der Waals surface area contributed by atoms with E-state index in [0.717, 1.165) is 31.2 Å². The highest BCUT2D eigenvalue weighted by Crippen LogP contribution is 2.43. The number of methoxy groups -OCH3 is 1. The van der Waals surface area contributed by atoms with Gasteiger partial charge in [-0.1, -0.05) is 32.9 Å². The number of nitriles is 1. The molecule has 7 rings (SSSR count). The number of aryl methyl sites for hydroxylation is 1. The van der Waals surface area contributed by atoms with Crippen molar-refractivity contribution in [2.24, 2.45) is 0 Å². The molecule has 0 bridgehead atoms. The Kier molecular flexibility index (Phi) is 9.57. The average molecular weight is 730 g/mol. The normalized spacial score (nSPS) is 22.1. The zero-order chi connectivity index (χ0) is 37.0. The second-order valence-electron chi connectivity index (χ2n) is 16.0. The minimum Gasteiger partial charge on any atom is -0.468 e. The predicted octanol–water partition coefficient (Wildman–Crippen LogP) is 7.12. The van der Waals surface area contributed by atoms with Gasteiger partial charge in [-0.25, -0.2) is 9.18 Å². The number of aromatic nitrogens is 2. The van der Waals surface area contributed by atoms with Crippen molar-refractivity contribution in [2.75, 3.05) is 51.7 Å². The molecule has 276 valence electrons. The smallest absolute Gasteiger partial charge is 0.349 e. The molecule has 3 fully saturated rings. The highest BCUT2D eigenvalue weighted by molar-refractivity contribution is 6.74. The molecule has 0 unspecified atom stereocenters. The van der Waals surface area contributed by atoms with Crippen molar-refractivity contribution in [1.29, 1.82) is 5.26 Å². The molecule has 3 aliphatic heterocycles. The lowest BCUT2D eigenvalue weighted by molar-refractivity contribution is 0.0512. The number of fused-ring (bicyclic) bond motifs is 3. The van der Waals surface area contributed by atoms with Gasteiger partial charge in [-0.15, -0.1) is 0 Å². The molecule has 52 heavy (non-hydrogen) atoms. The average Bonchev–Trinajstić information content (AvgIpc) is 3.61. The van der Waals surface area contributed by atoms with Crippen molar-refractivity contribution in [3.63, 3.8) is 0 Å². The van der Waals surface area contributed by atoms with Crippen molar-refractivity contribution < 1.29 is 27.4 Å². The van der Waals surface area contributed by atoms with Gasteiger partial charge in [0.1, 0.15) is 29.7 Å². The Morgan fingerprint density at radius 2 is 1.96 bits per heavy atom. The molecule has 0 aliphatic carbocycles. The van der Waals surface area contributed by atoms with Crippen molar-refractivity contribution in [1.82, 2.24) is 14.9 Å². The molecule has 5 heterocycles. The summed E-state index contributed by atoms with van der Waals surface area (Å²) in [5.74, 6) is 1.19. The fourth-order valence-corrected chi connectivity index (χ4v) is 8.73. The van der Waals surface area contributed by atoms with Crippen LogP contribution in [-0.4, -0.2) is 87.7 Å². The van der Waals surface area contributed by atoms with E-state index < -0.39 is 25.7 Å². The van der Waals surface area contributed by atoms with Gasteiger partial charge in [0.25, 0.3) is 0 Å². The lowest BCUT2D eigenvalue weighted by Gasteiger charge is -2.45. The van der Waals surface area contributed by atoms with Crippen molar-refractivity contribution in [3.05, 3.63) is 51.9 Å². The maximum atomic E-state index is 14.7. The van der Waals surface area contributed by atoms with Gasteiger partial charge in [0.05, 0.1) is 35.3 Å². The molecule has 3 aliphatic rings. The summed E-state index contributed by atoms with van der Waals surface area (Å²) in [6.45, 7) is 15.7. The van der Waals surface area contributed by atoms with Crippen LogP contribution in [0.2, 0.25) is 18.1 Å². The second-order valence-corrected chi connectivity index (χ2v) is 20.8. The Hall–Kier alpha value is -4.09. The molecule has 0 saturated carbocycles. The van der Waals surface area contributed by atoms with Gasteiger partial charge in [-0.3, -0.25) is 4.90 Å². The zero-order valence-corrected chi connectivity index (χ0v) is 32.2. The van der Waals surface area contributed by atoms with E-state index in [1.807, 2.05) is 19.1 Å². The molecule has 0 spiro atoms. The van der Waals surface area contributed by atoms with E-state index >= 15 is 0 Å². The van der Waals surface area contributed by atoms with Gasteiger partial charge in [-0.2, -0.15) is 15.2 Å². The summed E-state index contributed by atoms with van der Waals surface area (Å²) in [5.41, 5.74) is 0.915. The Balaban J connectivity index is 1.36. The summed E-state index contributed by atoms with van der Waals surface area (Å²) in [6, 6.07) is 11.4. The number of rotatable bonds is 11. The van der Waals surface area contributed by atoms with E-state index in [-0.39, 0.29) is 41.6 Å². The molecular weight excluding hydrogens is 682 g/mol. The monoisotopic (exact) mass is 729 g/mol. The van der Waals surface area contributed by atoms with Crippen LogP contribution in [0.1, 0.15) is 57.6 Å². The van der Waals surface area contributed by atoms with Crippen molar-refractivity contribution in [2.45, 2.75) is 89.3 Å². The summed E-state index contributed by atoms with van der Waals surface area (Å²) >= 11 is 0. The van der Waals surface area contributed by atoms with E-state index in [9.17, 15) is 14.4 Å². The number of anilines is 1. The molecule has 4 aromatic rings. The number of nitrogens with zero attached hydrogens (tertiary/aromatic N) is 5. The summed E-state index contributed by atoms with van der Waals surface area (Å²) < 4.78 is 44.9. The highest BCUT2D eigenvalue weighted by Gasteiger charge is 2.49. The van der Waals surface area contributed by atoms with Gasteiger partial charge >= 0.3 is 11.6 Å². The third kappa shape index (κ3) is 6.44. The van der Waals surface area contributed by atoms with Crippen LogP contribution in [0.5, 0.6) is 11.8 Å². The minimum atomic E-state index is -2.04. The molecule has 0 amide bonds. The maximum absolute atomic E-state index is 14.7. The van der Waals surface area contributed by atoms with Gasteiger partial charge in [-0.05, 0) is 74.4 Å². The summed E-state index contributed by atoms with van der Waals surface area (Å²) in [7, 11) is -0.506. The van der Waals surface area contributed by atoms with Crippen LogP contribution in [0, 0.1) is 18.3 Å². The molecular formula is C39H48FN5O6Si. The maximum Gasteiger partial charge on any atom is 0.349 e. The van der Waals surface area contributed by atoms with E-state index in [1.54, 1.807) is 18.2 Å². The third-order valence-corrected chi connectivity index (χ3v) is 16.2. The summed E-state index contributed by atoms with van der Waals surface area (Å²) in [6.07, 6.45) is 2.22. The number of halogens is 1. The molecule has 3 atom stereocenters. The first-order valence-corrected chi connectivity index (χ1v) is 21.0. The molecule has 3 saturated heterocycles. The zero-order valence-electron chi connectivity index (χ0n) is 31.2. The molecule has 0 radical (unpaired) electrons. The Bertz CT molecular complexity index is 2110. The first-order valence-electron chi connectivity index (χ1n) is 18.1. The van der Waals surface area contributed by atoms with E-state index in [0.29, 0.717) is 65.3 Å². The van der Waals surface area contributed by atoms with Crippen LogP contribution in [0.25, 0.3) is 33.0 Å². The summed E-state index contributed by atoms with van der Waals surface area (Å²) in [5, 5.41) is 11.8. The van der Waals surface area contributed by atoms with Crippen LogP contribution in [0.4, 0.5) is 10.2 Å². The molecule has 13 heteroatoms. The van der Waals surface area contributed by atoms with E-state index in [1.165, 1.54) is 7.11 Å². The molecule has 11 nitrogen and oxygen atoms in total. The van der Waals surface area contributed by atoms with Crippen LogP contribution in [0.3, 0.4) is 0 Å². The Morgan fingerprint density at radius 3 is 2.67 bits per heavy atom. The van der Waals surface area contributed by atoms with Crippen LogP contribution >= 0.6 is 0 Å². The Labute approximate surface area is 304 Å². The Morgan fingerprint density at radius 1 is 1.15 bits per heavy atom. The first-order chi connectivity index (χ1) is 24.7. The fraction of sp³-hybridized carbons (Fsp3) is 0.538. The van der Waals surface area contributed by atoms with Crippen LogP contribution in [-0.2, 0) is 9.16 Å². The summed E-state index contributed by atoms with van der Waals surface area (Å²) in [4.78, 5) is 28.3. The van der Waals surface area contributed by atoms with Crippen LogP contribution < -0.4 is 20.0 Å². The standard InChI is InChI=1S/C39H48FN5O6Si/c1-24-33-32(36(46)51-34(24)30-17-29(49-23-47-5)16-25-10-8-11-26(19-41)31(25)30)35(45-15-12-28(45)21-50-52(6,7)38(2,3)4)43-37(42-33)48-22-39-13-9-14-44(39)20-27(40)18-39/h8,10-11,16-17,27-28H,9,12-15,18,20-23H2,1-7H3/t27-,28+,39+/m1/s1. The number of alkyl halides is 1. The molecule has 2 aromatic heterocycles. The van der Waals surface area contributed by atoms with E-state index in [4.69, 9.17) is 33.0 Å². The second kappa shape index (κ2) is 13.7.